The molecular weight excluding hydrogens is 203 g/mol. The summed E-state index contributed by atoms with van der Waals surface area (Å²) >= 11 is 0. The summed E-state index contributed by atoms with van der Waals surface area (Å²) in [4.78, 5) is 0. The van der Waals surface area contributed by atoms with Crippen LogP contribution in [0.5, 0.6) is 5.75 Å². The van der Waals surface area contributed by atoms with Gasteiger partial charge in [0.1, 0.15) is 0 Å². The van der Waals surface area contributed by atoms with Crippen LogP contribution in [-0.2, 0) is 12.8 Å². The largest absolute Gasteiger partial charge is 0.505 e. The van der Waals surface area contributed by atoms with E-state index in [4.69, 9.17) is 0 Å². The van der Waals surface area contributed by atoms with Gasteiger partial charge in [-0.25, -0.2) is 4.39 Å². The van der Waals surface area contributed by atoms with Crippen molar-refractivity contribution in [3.63, 3.8) is 0 Å². The molecule has 0 unspecified atom stereocenters. The maximum absolute atomic E-state index is 13.8. The molecule has 2 heteroatoms. The molecule has 0 radical (unpaired) electrons. The van der Waals surface area contributed by atoms with Gasteiger partial charge in [0.05, 0.1) is 0 Å². The third kappa shape index (κ3) is 1.54. The van der Waals surface area contributed by atoms with Gasteiger partial charge in [0.15, 0.2) is 11.6 Å². The second-order valence-corrected chi connectivity index (χ2v) is 3.92. The second-order valence-electron chi connectivity index (χ2n) is 3.92. The molecular formula is C14H15FO. The van der Waals surface area contributed by atoms with Crippen LogP contribution in [0.1, 0.15) is 25.0 Å². The molecule has 0 saturated carbocycles. The topological polar surface area (TPSA) is 20.2 Å². The number of rotatable bonds is 2. The lowest BCUT2D eigenvalue weighted by molar-refractivity contribution is 0.435. The van der Waals surface area contributed by atoms with Gasteiger partial charge in [0, 0.05) is 5.39 Å². The van der Waals surface area contributed by atoms with E-state index in [0.29, 0.717) is 5.39 Å². The first-order valence-corrected chi connectivity index (χ1v) is 5.61. The van der Waals surface area contributed by atoms with Crippen LogP contribution in [0.4, 0.5) is 4.39 Å². The molecule has 0 aliphatic carbocycles. The summed E-state index contributed by atoms with van der Waals surface area (Å²) in [5.41, 5.74) is 2.14. The zero-order chi connectivity index (χ0) is 11.7. The normalized spacial score (nSPS) is 10.9. The second kappa shape index (κ2) is 4.12. The molecule has 1 N–H and O–H groups in total. The Hall–Kier alpha value is -1.57. The van der Waals surface area contributed by atoms with Crippen LogP contribution in [0.3, 0.4) is 0 Å². The van der Waals surface area contributed by atoms with Crippen LogP contribution >= 0.6 is 0 Å². The predicted molar refractivity (Wildman–Crippen MR) is 64.3 cm³/mol. The quantitative estimate of drug-likeness (QED) is 0.812. The van der Waals surface area contributed by atoms with E-state index in [1.54, 1.807) is 6.07 Å². The maximum Gasteiger partial charge on any atom is 0.172 e. The number of benzene rings is 2. The molecule has 1 nitrogen and oxygen atoms in total. The summed E-state index contributed by atoms with van der Waals surface area (Å²) in [5.74, 6) is -0.764. The number of phenols is 1. The molecule has 0 aliphatic heterocycles. The van der Waals surface area contributed by atoms with E-state index >= 15 is 0 Å². The standard InChI is InChI=1S/C14H15FO/c1-3-9-6-5-7-11-13(9)10(4-2)8-12(16)14(11)15/h5-8,16H,3-4H2,1-2H3. The average Bonchev–Trinajstić information content (AvgIpc) is 2.32. The van der Waals surface area contributed by atoms with Gasteiger partial charge in [0.2, 0.25) is 0 Å². The van der Waals surface area contributed by atoms with Crippen molar-refractivity contribution in [3.05, 3.63) is 41.2 Å². The molecule has 0 spiro atoms. The number of halogens is 1. The van der Waals surface area contributed by atoms with Gasteiger partial charge < -0.3 is 5.11 Å². The molecule has 2 aromatic carbocycles. The highest BCUT2D eigenvalue weighted by atomic mass is 19.1. The fraction of sp³-hybridized carbons (Fsp3) is 0.286. The van der Waals surface area contributed by atoms with Gasteiger partial charge >= 0.3 is 0 Å². The molecule has 0 bridgehead atoms. The number of hydrogen-bond donors (Lipinski definition) is 1. The summed E-state index contributed by atoms with van der Waals surface area (Å²) in [5, 5.41) is 11.0. The molecule has 0 amide bonds. The molecule has 0 aromatic heterocycles. The summed E-state index contributed by atoms with van der Waals surface area (Å²) < 4.78 is 13.8. The van der Waals surface area contributed by atoms with Crippen LogP contribution in [0, 0.1) is 5.82 Å². The maximum atomic E-state index is 13.8. The Morgan fingerprint density at radius 1 is 1.12 bits per heavy atom. The first-order valence-electron chi connectivity index (χ1n) is 5.61. The number of aryl methyl sites for hydroxylation is 2. The van der Waals surface area contributed by atoms with Crippen molar-refractivity contribution < 1.29 is 9.50 Å². The number of aromatic hydroxyl groups is 1. The molecule has 84 valence electrons. The summed E-state index contributed by atoms with van der Waals surface area (Å²) in [6.45, 7) is 4.07. The first-order chi connectivity index (χ1) is 7.69. The number of hydrogen-bond acceptors (Lipinski definition) is 1. The van der Waals surface area contributed by atoms with E-state index in [2.05, 4.69) is 6.92 Å². The molecule has 0 aliphatic rings. The van der Waals surface area contributed by atoms with E-state index in [0.717, 1.165) is 29.4 Å². The van der Waals surface area contributed by atoms with Crippen molar-refractivity contribution in [3.8, 4) is 5.75 Å². The van der Waals surface area contributed by atoms with Gasteiger partial charge in [-0.05, 0) is 35.4 Å². The van der Waals surface area contributed by atoms with Crippen molar-refractivity contribution in [2.24, 2.45) is 0 Å². The lowest BCUT2D eigenvalue weighted by Gasteiger charge is -2.11. The zero-order valence-electron chi connectivity index (χ0n) is 9.55. The van der Waals surface area contributed by atoms with E-state index < -0.39 is 5.82 Å². The third-order valence-corrected chi connectivity index (χ3v) is 3.01. The zero-order valence-corrected chi connectivity index (χ0v) is 9.55. The van der Waals surface area contributed by atoms with Gasteiger partial charge in [-0.1, -0.05) is 32.0 Å². The highest BCUT2D eigenvalue weighted by Crippen LogP contribution is 2.31. The Labute approximate surface area is 94.5 Å². The van der Waals surface area contributed by atoms with E-state index in [9.17, 15) is 9.50 Å². The van der Waals surface area contributed by atoms with Crippen molar-refractivity contribution in [1.29, 1.82) is 0 Å². The lowest BCUT2D eigenvalue weighted by atomic mass is 9.96. The first kappa shape index (κ1) is 10.9. The highest BCUT2D eigenvalue weighted by Gasteiger charge is 2.12. The van der Waals surface area contributed by atoms with Crippen LogP contribution in [0.2, 0.25) is 0 Å². The van der Waals surface area contributed by atoms with E-state index in [-0.39, 0.29) is 5.75 Å². The van der Waals surface area contributed by atoms with Crippen LogP contribution < -0.4 is 0 Å². The Morgan fingerprint density at radius 3 is 2.44 bits per heavy atom. The van der Waals surface area contributed by atoms with Gasteiger partial charge in [-0.3, -0.25) is 0 Å². The smallest absolute Gasteiger partial charge is 0.172 e. The summed E-state index contributed by atoms with van der Waals surface area (Å²) in [7, 11) is 0. The molecule has 2 aromatic rings. The van der Waals surface area contributed by atoms with Crippen LogP contribution in [0.15, 0.2) is 24.3 Å². The highest BCUT2D eigenvalue weighted by molar-refractivity contribution is 5.90. The molecule has 16 heavy (non-hydrogen) atoms. The van der Waals surface area contributed by atoms with Gasteiger partial charge in [0.25, 0.3) is 0 Å². The van der Waals surface area contributed by atoms with E-state index in [1.807, 2.05) is 19.1 Å². The Balaban J connectivity index is 2.92. The van der Waals surface area contributed by atoms with Gasteiger partial charge in [-0.2, -0.15) is 0 Å². The van der Waals surface area contributed by atoms with Gasteiger partial charge in [-0.15, -0.1) is 0 Å². The van der Waals surface area contributed by atoms with Crippen molar-refractivity contribution in [2.45, 2.75) is 26.7 Å². The average molecular weight is 218 g/mol. The van der Waals surface area contributed by atoms with Crippen molar-refractivity contribution in [2.75, 3.05) is 0 Å². The van der Waals surface area contributed by atoms with E-state index in [1.165, 1.54) is 6.07 Å². The number of phenolic OH excluding ortho intramolecular Hbond substituents is 1. The number of fused-ring (bicyclic) bond motifs is 1. The summed E-state index contributed by atoms with van der Waals surface area (Å²) in [6.07, 6.45) is 1.66. The minimum Gasteiger partial charge on any atom is -0.505 e. The SMILES string of the molecule is CCc1cccc2c(F)c(O)cc(CC)c12. The minimum atomic E-state index is -0.512. The fourth-order valence-electron chi connectivity index (χ4n) is 2.17. The Kier molecular flexibility index (Phi) is 2.82. The fourth-order valence-corrected chi connectivity index (χ4v) is 2.17. The molecule has 0 saturated heterocycles. The Bertz CT molecular complexity index is 532. The van der Waals surface area contributed by atoms with Crippen molar-refractivity contribution in [1.82, 2.24) is 0 Å². The van der Waals surface area contributed by atoms with Crippen molar-refractivity contribution >= 4 is 10.8 Å². The van der Waals surface area contributed by atoms with Crippen LogP contribution in [0.25, 0.3) is 10.8 Å². The van der Waals surface area contributed by atoms with Crippen LogP contribution in [-0.4, -0.2) is 5.11 Å². The third-order valence-electron chi connectivity index (χ3n) is 3.01. The monoisotopic (exact) mass is 218 g/mol. The molecule has 0 heterocycles. The Morgan fingerprint density at radius 2 is 1.81 bits per heavy atom. The lowest BCUT2D eigenvalue weighted by Crippen LogP contribution is -1.93. The molecule has 0 atom stereocenters. The molecule has 0 fully saturated rings. The molecule has 2 rings (SSSR count). The minimum absolute atomic E-state index is 0.252. The summed E-state index contributed by atoms with van der Waals surface area (Å²) in [6, 6.07) is 7.11. The predicted octanol–water partition coefficient (Wildman–Crippen LogP) is 3.81.